The summed E-state index contributed by atoms with van der Waals surface area (Å²) in [4.78, 5) is 28.3. The van der Waals surface area contributed by atoms with Gasteiger partial charge in [-0.25, -0.2) is 8.42 Å². The van der Waals surface area contributed by atoms with E-state index in [4.69, 9.17) is 0 Å². The van der Waals surface area contributed by atoms with Gasteiger partial charge in [-0.2, -0.15) is 0 Å². The summed E-state index contributed by atoms with van der Waals surface area (Å²) in [6.45, 7) is -0.322. The summed E-state index contributed by atoms with van der Waals surface area (Å²) in [5, 5.41) is 2.66. The van der Waals surface area contributed by atoms with E-state index in [0.717, 1.165) is 30.6 Å². The number of rotatable bonds is 10. The number of nitrogens with zero attached hydrogens (tertiary/aromatic N) is 2. The summed E-state index contributed by atoms with van der Waals surface area (Å²) < 4.78 is 28.0. The van der Waals surface area contributed by atoms with E-state index in [1.165, 1.54) is 11.9 Å². The van der Waals surface area contributed by atoms with Crippen LogP contribution >= 0.6 is 31.9 Å². The molecule has 0 aliphatic carbocycles. The van der Waals surface area contributed by atoms with Gasteiger partial charge in [-0.05, 0) is 47.5 Å². The predicted octanol–water partition coefficient (Wildman–Crippen LogP) is 4.36. The number of sulfonamides is 1. The molecule has 1 N–H and O–H groups in total. The van der Waals surface area contributed by atoms with Crippen molar-refractivity contribution in [3.05, 3.63) is 98.9 Å². The Kier molecular flexibility index (Phi) is 9.69. The van der Waals surface area contributed by atoms with E-state index >= 15 is 0 Å². The normalized spacial score (nSPS) is 12.0. The molecule has 0 saturated carbocycles. The molecule has 3 rings (SSSR count). The molecule has 0 aromatic heterocycles. The lowest BCUT2D eigenvalue weighted by Crippen LogP contribution is -2.52. The first-order chi connectivity index (χ1) is 17.1. The van der Waals surface area contributed by atoms with Crippen molar-refractivity contribution in [2.75, 3.05) is 24.2 Å². The number of nitrogens with one attached hydrogen (secondary N) is 1. The summed E-state index contributed by atoms with van der Waals surface area (Å²) >= 11 is 6.80. The number of hydrogen-bond donors (Lipinski definition) is 1. The molecular weight excluding hydrogens is 610 g/mol. The molecule has 0 radical (unpaired) electrons. The van der Waals surface area contributed by atoms with Crippen LogP contribution in [0.5, 0.6) is 0 Å². The predicted molar refractivity (Wildman–Crippen MR) is 149 cm³/mol. The van der Waals surface area contributed by atoms with Gasteiger partial charge in [0.05, 0.1) is 11.9 Å². The minimum atomic E-state index is -3.79. The van der Waals surface area contributed by atoms with E-state index in [-0.39, 0.29) is 18.9 Å². The fourth-order valence-corrected chi connectivity index (χ4v) is 5.33. The van der Waals surface area contributed by atoms with Crippen LogP contribution in [-0.4, -0.2) is 51.0 Å². The molecule has 7 nitrogen and oxygen atoms in total. The Morgan fingerprint density at radius 2 is 1.53 bits per heavy atom. The van der Waals surface area contributed by atoms with Gasteiger partial charge in [0, 0.05) is 29.0 Å². The molecule has 0 unspecified atom stereocenters. The van der Waals surface area contributed by atoms with Crippen LogP contribution in [0.2, 0.25) is 0 Å². The highest BCUT2D eigenvalue weighted by molar-refractivity contribution is 9.10. The van der Waals surface area contributed by atoms with Crippen molar-refractivity contribution in [2.24, 2.45) is 0 Å². The van der Waals surface area contributed by atoms with Gasteiger partial charge in [-0.15, -0.1) is 0 Å². The second-order valence-electron chi connectivity index (χ2n) is 8.22. The van der Waals surface area contributed by atoms with Crippen molar-refractivity contribution in [3.8, 4) is 0 Å². The topological polar surface area (TPSA) is 86.8 Å². The van der Waals surface area contributed by atoms with Crippen LogP contribution in [0.4, 0.5) is 5.69 Å². The molecule has 0 heterocycles. The van der Waals surface area contributed by atoms with Crippen molar-refractivity contribution >= 4 is 59.4 Å². The second-order valence-corrected chi connectivity index (χ2v) is 12.0. The molecular formula is C26H27Br2N3O4S. The van der Waals surface area contributed by atoms with Gasteiger partial charge < -0.3 is 10.2 Å². The monoisotopic (exact) mass is 635 g/mol. The van der Waals surface area contributed by atoms with Crippen molar-refractivity contribution in [3.63, 3.8) is 0 Å². The Balaban J connectivity index is 2.02. The molecule has 3 aromatic rings. The Hall–Kier alpha value is -2.69. The van der Waals surface area contributed by atoms with Gasteiger partial charge in [0.25, 0.3) is 0 Å². The summed E-state index contributed by atoms with van der Waals surface area (Å²) in [5.74, 6) is -0.829. The zero-order valence-electron chi connectivity index (χ0n) is 19.9. The molecule has 0 spiro atoms. The van der Waals surface area contributed by atoms with E-state index < -0.39 is 28.5 Å². The molecule has 1 atom stereocenters. The molecule has 3 aromatic carbocycles. The molecule has 0 aliphatic heterocycles. The minimum Gasteiger partial charge on any atom is -0.357 e. The summed E-state index contributed by atoms with van der Waals surface area (Å²) in [6.07, 6.45) is 1.33. The largest absolute Gasteiger partial charge is 0.357 e. The highest BCUT2D eigenvalue weighted by Gasteiger charge is 2.32. The third-order valence-corrected chi connectivity index (χ3v) is 7.72. The Morgan fingerprint density at radius 3 is 2.11 bits per heavy atom. The average Bonchev–Trinajstić information content (AvgIpc) is 2.84. The first-order valence-corrected chi connectivity index (χ1v) is 14.5. The maximum Gasteiger partial charge on any atom is 0.244 e. The summed E-state index contributed by atoms with van der Waals surface area (Å²) in [6, 6.07) is 22.7. The average molecular weight is 637 g/mol. The van der Waals surface area contributed by atoms with Gasteiger partial charge in [0.1, 0.15) is 12.6 Å². The third-order valence-electron chi connectivity index (χ3n) is 5.55. The lowest BCUT2D eigenvalue weighted by atomic mass is 10.0. The van der Waals surface area contributed by atoms with Crippen LogP contribution in [0.3, 0.4) is 0 Å². The minimum absolute atomic E-state index is 0.126. The van der Waals surface area contributed by atoms with Crippen molar-refractivity contribution in [1.29, 1.82) is 0 Å². The van der Waals surface area contributed by atoms with Crippen molar-refractivity contribution < 1.29 is 18.0 Å². The van der Waals surface area contributed by atoms with E-state index in [0.29, 0.717) is 5.69 Å². The molecule has 2 amide bonds. The van der Waals surface area contributed by atoms with Crippen LogP contribution < -0.4 is 9.62 Å². The third kappa shape index (κ3) is 7.65. The lowest BCUT2D eigenvalue weighted by Gasteiger charge is -2.33. The lowest BCUT2D eigenvalue weighted by molar-refractivity contribution is -0.139. The van der Waals surface area contributed by atoms with E-state index in [9.17, 15) is 18.0 Å². The standard InChI is InChI=1S/C26H27Br2N3O4S/c1-29-26(33)24(16-19-7-4-3-5-8-19)30(17-20-9-6-10-22(28)15-20)25(32)18-31(36(2,34)35)23-13-11-21(27)12-14-23/h3-15,24H,16-18H2,1-2H3,(H,29,33)/t24-/m0/s1. The van der Waals surface area contributed by atoms with Gasteiger partial charge in [0.15, 0.2) is 0 Å². The summed E-state index contributed by atoms with van der Waals surface area (Å²) in [5.41, 5.74) is 2.04. The quantitative estimate of drug-likeness (QED) is 0.358. The van der Waals surface area contributed by atoms with Crippen molar-refractivity contribution in [1.82, 2.24) is 10.2 Å². The Bertz CT molecular complexity index is 1300. The number of likely N-dealkylation sites (N-methyl/N-ethyl adjacent to an activating group) is 1. The maximum atomic E-state index is 13.8. The van der Waals surface area contributed by atoms with Crippen LogP contribution in [0.15, 0.2) is 87.8 Å². The summed E-state index contributed by atoms with van der Waals surface area (Å²) in [7, 11) is -2.27. The molecule has 0 fully saturated rings. The number of hydrogen-bond acceptors (Lipinski definition) is 4. The Labute approximate surface area is 228 Å². The molecule has 190 valence electrons. The van der Waals surface area contributed by atoms with Crippen molar-refractivity contribution in [2.45, 2.75) is 19.0 Å². The van der Waals surface area contributed by atoms with Crippen LogP contribution in [0, 0.1) is 0 Å². The molecule has 36 heavy (non-hydrogen) atoms. The highest BCUT2D eigenvalue weighted by Crippen LogP contribution is 2.23. The first-order valence-electron chi connectivity index (χ1n) is 11.1. The van der Waals surface area contributed by atoms with Gasteiger partial charge in [0.2, 0.25) is 21.8 Å². The number of carbonyl (C=O) groups excluding carboxylic acids is 2. The zero-order valence-corrected chi connectivity index (χ0v) is 23.9. The molecule has 0 aliphatic rings. The maximum absolute atomic E-state index is 13.8. The van der Waals surface area contributed by atoms with E-state index in [1.54, 1.807) is 24.3 Å². The van der Waals surface area contributed by atoms with Gasteiger partial charge >= 0.3 is 0 Å². The van der Waals surface area contributed by atoms with Gasteiger partial charge in [-0.3, -0.25) is 13.9 Å². The second kappa shape index (κ2) is 12.5. The number of amides is 2. The van der Waals surface area contributed by atoms with Gasteiger partial charge in [-0.1, -0.05) is 74.3 Å². The molecule has 0 bridgehead atoms. The number of anilines is 1. The highest BCUT2D eigenvalue weighted by atomic mass is 79.9. The number of carbonyl (C=O) groups is 2. The smallest absolute Gasteiger partial charge is 0.244 e. The fraction of sp³-hybridized carbons (Fsp3) is 0.231. The van der Waals surface area contributed by atoms with Crippen LogP contribution in [-0.2, 0) is 32.6 Å². The number of halogens is 2. The van der Waals surface area contributed by atoms with Crippen LogP contribution in [0.25, 0.3) is 0 Å². The van der Waals surface area contributed by atoms with E-state index in [1.807, 2.05) is 54.6 Å². The van der Waals surface area contributed by atoms with Crippen LogP contribution in [0.1, 0.15) is 11.1 Å². The molecule has 10 heteroatoms. The Morgan fingerprint density at radius 1 is 0.889 bits per heavy atom. The number of benzene rings is 3. The zero-order chi connectivity index (χ0) is 26.3. The fourth-order valence-electron chi connectivity index (χ4n) is 3.77. The molecule has 0 saturated heterocycles. The first kappa shape index (κ1) is 27.9. The van der Waals surface area contributed by atoms with E-state index in [2.05, 4.69) is 37.2 Å². The SMILES string of the molecule is CNC(=O)[C@H](Cc1ccccc1)N(Cc1cccc(Br)c1)C(=O)CN(c1ccc(Br)cc1)S(C)(=O)=O.